The van der Waals surface area contributed by atoms with Crippen molar-refractivity contribution in [1.82, 2.24) is 4.98 Å². The van der Waals surface area contributed by atoms with Crippen molar-refractivity contribution in [1.29, 1.82) is 0 Å². The van der Waals surface area contributed by atoms with Crippen LogP contribution in [-0.2, 0) is 4.74 Å². The van der Waals surface area contributed by atoms with Gasteiger partial charge in [0.1, 0.15) is 5.82 Å². The fraction of sp³-hybridized carbons (Fsp3) is 0.250. The second kappa shape index (κ2) is 6.74. The molecule has 0 bridgehead atoms. The molecule has 0 amide bonds. The zero-order valence-corrected chi connectivity index (χ0v) is 13.6. The molecule has 1 aromatic carbocycles. The molecule has 23 heavy (non-hydrogen) atoms. The van der Waals surface area contributed by atoms with Gasteiger partial charge >= 0.3 is 5.97 Å². The van der Waals surface area contributed by atoms with Gasteiger partial charge in [0.05, 0.1) is 24.8 Å². The molecule has 5 nitrogen and oxygen atoms in total. The Bertz CT molecular complexity index is 722. The molecule has 1 N–H and O–H groups in total. The zero-order valence-electron chi connectivity index (χ0n) is 12.1. The number of halogens is 2. The molecule has 0 aliphatic carbocycles. The van der Waals surface area contributed by atoms with E-state index in [0.29, 0.717) is 35.6 Å². The lowest BCUT2D eigenvalue weighted by Crippen LogP contribution is -2.40. The van der Waals surface area contributed by atoms with Crippen molar-refractivity contribution in [3.05, 3.63) is 57.7 Å². The van der Waals surface area contributed by atoms with E-state index >= 15 is 0 Å². The van der Waals surface area contributed by atoms with Gasteiger partial charge in [-0.1, -0.05) is 29.3 Å². The van der Waals surface area contributed by atoms with Gasteiger partial charge in [0.25, 0.3) is 0 Å². The highest BCUT2D eigenvalue weighted by Gasteiger charge is 2.27. The SMILES string of the molecule is O=C(O)c1ccc(N2CCOCC2c2ccc(Cl)cc2Cl)nc1. The van der Waals surface area contributed by atoms with E-state index in [-0.39, 0.29) is 11.6 Å². The van der Waals surface area contributed by atoms with E-state index < -0.39 is 5.97 Å². The van der Waals surface area contributed by atoms with E-state index in [4.69, 9.17) is 33.0 Å². The molecule has 1 atom stereocenters. The fourth-order valence-corrected chi connectivity index (χ4v) is 3.12. The van der Waals surface area contributed by atoms with Crippen LogP contribution in [0.4, 0.5) is 5.82 Å². The Morgan fingerprint density at radius 3 is 2.78 bits per heavy atom. The number of morpholine rings is 1. The van der Waals surface area contributed by atoms with Crippen LogP contribution < -0.4 is 4.90 Å². The second-order valence-electron chi connectivity index (χ2n) is 5.16. The Morgan fingerprint density at radius 2 is 2.13 bits per heavy atom. The molecule has 2 aromatic rings. The molecule has 0 radical (unpaired) electrons. The number of aromatic nitrogens is 1. The molecule has 1 unspecified atom stereocenters. The lowest BCUT2D eigenvalue weighted by atomic mass is 10.0. The minimum absolute atomic E-state index is 0.100. The topological polar surface area (TPSA) is 62.7 Å². The average Bonchev–Trinajstić information content (AvgIpc) is 2.55. The van der Waals surface area contributed by atoms with Crippen molar-refractivity contribution in [2.24, 2.45) is 0 Å². The van der Waals surface area contributed by atoms with Gasteiger partial charge in [-0.25, -0.2) is 9.78 Å². The Kier molecular flexibility index (Phi) is 4.71. The molecule has 1 aromatic heterocycles. The smallest absolute Gasteiger partial charge is 0.337 e. The monoisotopic (exact) mass is 352 g/mol. The number of ether oxygens (including phenoxy) is 1. The number of benzene rings is 1. The highest BCUT2D eigenvalue weighted by Crippen LogP contribution is 2.34. The van der Waals surface area contributed by atoms with Crippen LogP contribution in [0.5, 0.6) is 0 Å². The molecule has 120 valence electrons. The first kappa shape index (κ1) is 16.1. The summed E-state index contributed by atoms with van der Waals surface area (Å²) < 4.78 is 5.58. The number of carboxylic acids is 1. The third-order valence-corrected chi connectivity index (χ3v) is 4.30. The van der Waals surface area contributed by atoms with Gasteiger partial charge < -0.3 is 14.7 Å². The molecule has 1 saturated heterocycles. The number of nitrogens with zero attached hydrogens (tertiary/aromatic N) is 2. The van der Waals surface area contributed by atoms with Gasteiger partial charge in [-0.05, 0) is 29.8 Å². The minimum Gasteiger partial charge on any atom is -0.478 e. The summed E-state index contributed by atoms with van der Waals surface area (Å²) >= 11 is 12.3. The van der Waals surface area contributed by atoms with Crippen LogP contribution in [0.3, 0.4) is 0 Å². The molecule has 0 saturated carbocycles. The van der Waals surface area contributed by atoms with E-state index in [1.54, 1.807) is 24.3 Å². The number of aromatic carboxylic acids is 1. The maximum atomic E-state index is 10.9. The van der Waals surface area contributed by atoms with Crippen LogP contribution in [0.1, 0.15) is 22.0 Å². The lowest BCUT2D eigenvalue weighted by molar-refractivity contribution is 0.0696. The van der Waals surface area contributed by atoms with E-state index in [0.717, 1.165) is 5.56 Å². The summed E-state index contributed by atoms with van der Waals surface area (Å²) in [5.74, 6) is -0.308. The van der Waals surface area contributed by atoms with Crippen molar-refractivity contribution in [3.63, 3.8) is 0 Å². The number of carbonyl (C=O) groups is 1. The summed E-state index contributed by atoms with van der Waals surface area (Å²) in [6, 6.07) is 8.51. The zero-order chi connectivity index (χ0) is 16.4. The van der Waals surface area contributed by atoms with E-state index in [1.165, 1.54) is 6.20 Å². The normalized spacial score (nSPS) is 18.0. The number of rotatable bonds is 3. The summed E-state index contributed by atoms with van der Waals surface area (Å²) in [6.07, 6.45) is 1.35. The number of hydrogen-bond acceptors (Lipinski definition) is 4. The predicted octanol–water partition coefficient (Wildman–Crippen LogP) is 3.66. The Labute approximate surface area is 143 Å². The van der Waals surface area contributed by atoms with Crippen molar-refractivity contribution >= 4 is 35.0 Å². The van der Waals surface area contributed by atoms with Gasteiger partial charge in [0.2, 0.25) is 0 Å². The highest BCUT2D eigenvalue weighted by atomic mass is 35.5. The Hall–Kier alpha value is -1.82. The molecule has 1 aliphatic rings. The van der Waals surface area contributed by atoms with Gasteiger partial charge in [0, 0.05) is 22.8 Å². The predicted molar refractivity (Wildman–Crippen MR) is 88.6 cm³/mol. The van der Waals surface area contributed by atoms with E-state index in [9.17, 15) is 4.79 Å². The summed E-state index contributed by atoms with van der Waals surface area (Å²) in [7, 11) is 0. The van der Waals surface area contributed by atoms with Crippen LogP contribution in [0.25, 0.3) is 0 Å². The van der Waals surface area contributed by atoms with E-state index in [2.05, 4.69) is 9.88 Å². The summed E-state index contributed by atoms with van der Waals surface area (Å²) in [6.45, 7) is 1.69. The van der Waals surface area contributed by atoms with Crippen LogP contribution >= 0.6 is 23.2 Å². The third-order valence-electron chi connectivity index (χ3n) is 3.74. The van der Waals surface area contributed by atoms with E-state index in [1.807, 2.05) is 6.07 Å². The van der Waals surface area contributed by atoms with Crippen LogP contribution in [0.2, 0.25) is 10.0 Å². The molecular weight excluding hydrogens is 339 g/mol. The van der Waals surface area contributed by atoms with Crippen molar-refractivity contribution in [3.8, 4) is 0 Å². The van der Waals surface area contributed by atoms with Gasteiger partial charge in [-0.2, -0.15) is 0 Å². The minimum atomic E-state index is -0.997. The van der Waals surface area contributed by atoms with Gasteiger partial charge in [-0.15, -0.1) is 0 Å². The van der Waals surface area contributed by atoms with Gasteiger partial charge in [-0.3, -0.25) is 0 Å². The van der Waals surface area contributed by atoms with Crippen LogP contribution in [0, 0.1) is 0 Å². The standard InChI is InChI=1S/C16H14Cl2N2O3/c17-11-2-3-12(13(18)7-11)14-9-23-6-5-20(14)15-4-1-10(8-19-15)16(21)22/h1-4,7-8,14H,5-6,9H2,(H,21,22). The summed E-state index contributed by atoms with van der Waals surface area (Å²) in [5.41, 5.74) is 1.06. The first-order valence-corrected chi connectivity index (χ1v) is 7.80. The number of pyridine rings is 1. The fourth-order valence-electron chi connectivity index (χ4n) is 2.59. The third kappa shape index (κ3) is 3.42. The largest absolute Gasteiger partial charge is 0.478 e. The van der Waals surface area contributed by atoms with Crippen LogP contribution in [0.15, 0.2) is 36.5 Å². The van der Waals surface area contributed by atoms with Crippen molar-refractivity contribution in [2.75, 3.05) is 24.7 Å². The highest BCUT2D eigenvalue weighted by molar-refractivity contribution is 6.35. The quantitative estimate of drug-likeness (QED) is 0.912. The van der Waals surface area contributed by atoms with Crippen molar-refractivity contribution in [2.45, 2.75) is 6.04 Å². The molecular formula is C16H14Cl2N2O3. The first-order chi connectivity index (χ1) is 11.1. The molecule has 0 spiro atoms. The molecule has 7 heteroatoms. The first-order valence-electron chi connectivity index (χ1n) is 7.05. The Balaban J connectivity index is 1.93. The number of hydrogen-bond donors (Lipinski definition) is 1. The molecule has 2 heterocycles. The summed E-state index contributed by atoms with van der Waals surface area (Å²) in [5, 5.41) is 10.1. The Morgan fingerprint density at radius 1 is 1.30 bits per heavy atom. The number of anilines is 1. The molecule has 1 fully saturated rings. The molecule has 3 rings (SSSR count). The maximum Gasteiger partial charge on any atom is 0.337 e. The number of carboxylic acid groups (broad SMARTS) is 1. The molecule has 1 aliphatic heterocycles. The van der Waals surface area contributed by atoms with Crippen LogP contribution in [-0.4, -0.2) is 35.8 Å². The lowest BCUT2D eigenvalue weighted by Gasteiger charge is -2.37. The van der Waals surface area contributed by atoms with Gasteiger partial charge in [0.15, 0.2) is 0 Å². The maximum absolute atomic E-state index is 10.9. The average molecular weight is 353 g/mol. The summed E-state index contributed by atoms with van der Waals surface area (Å²) in [4.78, 5) is 17.3. The van der Waals surface area contributed by atoms with Crippen molar-refractivity contribution < 1.29 is 14.6 Å². The second-order valence-corrected chi connectivity index (χ2v) is 6.00.